The van der Waals surface area contributed by atoms with E-state index in [1.54, 1.807) is 0 Å². The van der Waals surface area contributed by atoms with Crippen LogP contribution in [0.3, 0.4) is 0 Å². The number of hydrogen-bond acceptors (Lipinski definition) is 3. The highest BCUT2D eigenvalue weighted by molar-refractivity contribution is 5.42. The maximum atomic E-state index is 10.2. The second-order valence-corrected chi connectivity index (χ2v) is 5.02. The molecular weight excluding hydrogens is 226 g/mol. The average Bonchev–Trinajstić information content (AvgIpc) is 2.30. The standard InChI is InChI=1S/C15H25NO2/c1-6-18-15-10-11(2)13(9-12(15)3)14(17)7-8-16(4)5/h9-10,14,17H,6-8H2,1-5H3. The van der Waals surface area contributed by atoms with Gasteiger partial charge in [-0.3, -0.25) is 0 Å². The van der Waals surface area contributed by atoms with Crippen molar-refractivity contribution in [2.45, 2.75) is 33.3 Å². The molecule has 1 unspecified atom stereocenters. The van der Waals surface area contributed by atoms with Crippen LogP contribution < -0.4 is 4.74 Å². The van der Waals surface area contributed by atoms with E-state index >= 15 is 0 Å². The number of rotatable bonds is 6. The van der Waals surface area contributed by atoms with Crippen LogP contribution in [-0.2, 0) is 0 Å². The van der Waals surface area contributed by atoms with Crippen LogP contribution in [0.15, 0.2) is 12.1 Å². The summed E-state index contributed by atoms with van der Waals surface area (Å²) in [5, 5.41) is 10.2. The van der Waals surface area contributed by atoms with Crippen LogP contribution in [0.25, 0.3) is 0 Å². The zero-order chi connectivity index (χ0) is 13.7. The van der Waals surface area contributed by atoms with E-state index in [0.29, 0.717) is 6.61 Å². The van der Waals surface area contributed by atoms with Crippen molar-refractivity contribution < 1.29 is 9.84 Å². The molecule has 1 aromatic carbocycles. The quantitative estimate of drug-likeness (QED) is 0.843. The van der Waals surface area contributed by atoms with E-state index in [1.807, 2.05) is 47.0 Å². The van der Waals surface area contributed by atoms with Gasteiger partial charge in [0.1, 0.15) is 5.75 Å². The van der Waals surface area contributed by atoms with Crippen molar-refractivity contribution in [1.29, 1.82) is 0 Å². The van der Waals surface area contributed by atoms with Crippen molar-refractivity contribution >= 4 is 0 Å². The zero-order valence-electron chi connectivity index (χ0n) is 12.2. The minimum atomic E-state index is -0.401. The summed E-state index contributed by atoms with van der Waals surface area (Å²) in [7, 11) is 4.03. The molecule has 0 saturated carbocycles. The molecule has 1 rings (SSSR count). The summed E-state index contributed by atoms with van der Waals surface area (Å²) in [5.41, 5.74) is 3.19. The average molecular weight is 251 g/mol. The lowest BCUT2D eigenvalue weighted by atomic mass is 9.98. The first-order chi connectivity index (χ1) is 8.45. The van der Waals surface area contributed by atoms with Crippen molar-refractivity contribution in [3.8, 4) is 5.75 Å². The third-order valence-electron chi connectivity index (χ3n) is 3.07. The lowest BCUT2D eigenvalue weighted by Crippen LogP contribution is -2.16. The first kappa shape index (κ1) is 15.0. The summed E-state index contributed by atoms with van der Waals surface area (Å²) in [6, 6.07) is 4.06. The summed E-state index contributed by atoms with van der Waals surface area (Å²) in [6.45, 7) is 7.58. The monoisotopic (exact) mass is 251 g/mol. The molecule has 0 heterocycles. The fourth-order valence-corrected chi connectivity index (χ4v) is 2.02. The van der Waals surface area contributed by atoms with Gasteiger partial charge >= 0.3 is 0 Å². The zero-order valence-corrected chi connectivity index (χ0v) is 12.2. The van der Waals surface area contributed by atoms with E-state index in [1.165, 1.54) is 0 Å². The lowest BCUT2D eigenvalue weighted by molar-refractivity contribution is 0.153. The Morgan fingerprint density at radius 2 is 1.89 bits per heavy atom. The fourth-order valence-electron chi connectivity index (χ4n) is 2.02. The molecule has 18 heavy (non-hydrogen) atoms. The van der Waals surface area contributed by atoms with E-state index in [9.17, 15) is 5.11 Å². The molecule has 0 bridgehead atoms. The summed E-state index contributed by atoms with van der Waals surface area (Å²) in [5.74, 6) is 0.915. The molecule has 1 aromatic rings. The van der Waals surface area contributed by atoms with Crippen LogP contribution in [0.1, 0.15) is 36.1 Å². The Balaban J connectivity index is 2.86. The lowest BCUT2D eigenvalue weighted by Gasteiger charge is -2.18. The van der Waals surface area contributed by atoms with Gasteiger partial charge in [0.05, 0.1) is 12.7 Å². The third-order valence-corrected chi connectivity index (χ3v) is 3.07. The van der Waals surface area contributed by atoms with Crippen LogP contribution in [0.2, 0.25) is 0 Å². The molecule has 3 heteroatoms. The number of ether oxygens (including phenoxy) is 1. The molecule has 0 radical (unpaired) electrons. The summed E-state index contributed by atoms with van der Waals surface area (Å²) < 4.78 is 5.56. The van der Waals surface area contributed by atoms with Gasteiger partial charge in [0.2, 0.25) is 0 Å². The molecule has 0 amide bonds. The highest BCUT2D eigenvalue weighted by Crippen LogP contribution is 2.28. The second-order valence-electron chi connectivity index (χ2n) is 5.02. The Labute approximate surface area is 110 Å². The first-order valence-corrected chi connectivity index (χ1v) is 6.52. The number of benzene rings is 1. The molecular formula is C15H25NO2. The molecule has 0 aliphatic heterocycles. The van der Waals surface area contributed by atoms with Gasteiger partial charge in [-0.05, 0) is 70.1 Å². The summed E-state index contributed by atoms with van der Waals surface area (Å²) in [6.07, 6.45) is 0.350. The molecule has 1 N–H and O–H groups in total. The van der Waals surface area contributed by atoms with Crippen LogP contribution in [-0.4, -0.2) is 37.3 Å². The Kier molecular flexibility index (Phi) is 5.63. The Morgan fingerprint density at radius 1 is 1.22 bits per heavy atom. The predicted molar refractivity (Wildman–Crippen MR) is 75.2 cm³/mol. The highest BCUT2D eigenvalue weighted by atomic mass is 16.5. The maximum Gasteiger partial charge on any atom is 0.122 e. The van der Waals surface area contributed by atoms with Crippen molar-refractivity contribution in [3.05, 3.63) is 28.8 Å². The molecule has 0 aliphatic carbocycles. The molecule has 0 aromatic heterocycles. The molecule has 3 nitrogen and oxygen atoms in total. The van der Waals surface area contributed by atoms with Crippen molar-refractivity contribution in [1.82, 2.24) is 4.90 Å². The minimum absolute atomic E-state index is 0.401. The molecule has 0 saturated heterocycles. The number of aliphatic hydroxyl groups excluding tert-OH is 1. The van der Waals surface area contributed by atoms with Crippen molar-refractivity contribution in [2.75, 3.05) is 27.2 Å². The SMILES string of the molecule is CCOc1cc(C)c(C(O)CCN(C)C)cc1C. The molecule has 0 spiro atoms. The van der Waals surface area contributed by atoms with Crippen LogP contribution in [0.5, 0.6) is 5.75 Å². The van der Waals surface area contributed by atoms with Gasteiger partial charge in [-0.2, -0.15) is 0 Å². The largest absolute Gasteiger partial charge is 0.494 e. The maximum absolute atomic E-state index is 10.2. The highest BCUT2D eigenvalue weighted by Gasteiger charge is 2.13. The molecule has 102 valence electrons. The van der Waals surface area contributed by atoms with E-state index in [2.05, 4.69) is 4.90 Å². The van der Waals surface area contributed by atoms with Gasteiger partial charge in [0.25, 0.3) is 0 Å². The summed E-state index contributed by atoms with van der Waals surface area (Å²) >= 11 is 0. The smallest absolute Gasteiger partial charge is 0.122 e. The Morgan fingerprint density at radius 3 is 2.44 bits per heavy atom. The first-order valence-electron chi connectivity index (χ1n) is 6.52. The number of nitrogens with zero attached hydrogens (tertiary/aromatic N) is 1. The van der Waals surface area contributed by atoms with Gasteiger partial charge in [0, 0.05) is 6.54 Å². The second kappa shape index (κ2) is 6.76. The third kappa shape index (κ3) is 4.00. The molecule has 0 fully saturated rings. The number of hydrogen-bond donors (Lipinski definition) is 1. The van der Waals surface area contributed by atoms with Gasteiger partial charge in [-0.1, -0.05) is 0 Å². The normalized spacial score (nSPS) is 12.8. The van der Waals surface area contributed by atoms with E-state index in [0.717, 1.165) is 35.4 Å². The topological polar surface area (TPSA) is 32.7 Å². The van der Waals surface area contributed by atoms with Gasteiger partial charge in [-0.15, -0.1) is 0 Å². The van der Waals surface area contributed by atoms with Crippen LogP contribution in [0, 0.1) is 13.8 Å². The van der Waals surface area contributed by atoms with E-state index in [4.69, 9.17) is 4.74 Å². The Bertz CT molecular complexity index is 388. The van der Waals surface area contributed by atoms with Crippen LogP contribution in [0.4, 0.5) is 0 Å². The Hall–Kier alpha value is -1.06. The predicted octanol–water partition coefficient (Wildman–Crippen LogP) is 2.69. The number of aliphatic hydroxyl groups is 1. The fraction of sp³-hybridized carbons (Fsp3) is 0.600. The van der Waals surface area contributed by atoms with Crippen LogP contribution >= 0.6 is 0 Å². The van der Waals surface area contributed by atoms with Gasteiger partial charge in [0.15, 0.2) is 0 Å². The molecule has 1 atom stereocenters. The minimum Gasteiger partial charge on any atom is -0.494 e. The van der Waals surface area contributed by atoms with Crippen molar-refractivity contribution in [3.63, 3.8) is 0 Å². The van der Waals surface area contributed by atoms with Crippen molar-refractivity contribution in [2.24, 2.45) is 0 Å². The summed E-state index contributed by atoms with van der Waals surface area (Å²) in [4.78, 5) is 2.08. The molecule has 0 aliphatic rings. The van der Waals surface area contributed by atoms with E-state index < -0.39 is 6.10 Å². The van der Waals surface area contributed by atoms with Gasteiger partial charge in [-0.25, -0.2) is 0 Å². The van der Waals surface area contributed by atoms with Gasteiger partial charge < -0.3 is 14.7 Å². The van der Waals surface area contributed by atoms with E-state index in [-0.39, 0.29) is 0 Å². The number of aryl methyl sites for hydroxylation is 2.